The maximum Gasteiger partial charge on any atom is 0.139 e. The molecule has 0 bridgehead atoms. The average molecular weight is 309 g/mol. The predicted octanol–water partition coefficient (Wildman–Crippen LogP) is 4.53. The van der Waals surface area contributed by atoms with Crippen molar-refractivity contribution in [1.82, 2.24) is 9.38 Å². The van der Waals surface area contributed by atoms with Gasteiger partial charge in [-0.2, -0.15) is 0 Å². The van der Waals surface area contributed by atoms with Crippen LogP contribution in [0.15, 0.2) is 42.6 Å². The van der Waals surface area contributed by atoms with E-state index >= 15 is 0 Å². The molecule has 3 rings (SSSR count). The summed E-state index contributed by atoms with van der Waals surface area (Å²) in [5, 5.41) is 3.59. The highest BCUT2D eigenvalue weighted by Gasteiger charge is 2.19. The Morgan fingerprint density at radius 1 is 1.13 bits per heavy atom. The number of aryl methyl sites for hydroxylation is 1. The molecule has 0 radical (unpaired) electrons. The van der Waals surface area contributed by atoms with Gasteiger partial charge < -0.3 is 10.1 Å². The van der Waals surface area contributed by atoms with Crippen LogP contribution in [0, 0.1) is 6.92 Å². The highest BCUT2D eigenvalue weighted by atomic mass is 16.5. The number of nitrogens with one attached hydrogen (secondary N) is 1. The first-order valence-electron chi connectivity index (χ1n) is 7.79. The summed E-state index contributed by atoms with van der Waals surface area (Å²) in [6.07, 6.45) is 2.06. The number of nitrogens with zero attached hydrogens (tertiary/aromatic N) is 2. The molecule has 0 amide bonds. The van der Waals surface area contributed by atoms with E-state index in [0.717, 1.165) is 28.5 Å². The zero-order valence-electron chi connectivity index (χ0n) is 14.3. The lowest BCUT2D eigenvalue weighted by atomic mass is 10.1. The molecule has 0 fully saturated rings. The van der Waals surface area contributed by atoms with Crippen molar-refractivity contribution in [2.75, 3.05) is 12.4 Å². The molecule has 23 heavy (non-hydrogen) atoms. The van der Waals surface area contributed by atoms with Crippen molar-refractivity contribution in [3.63, 3.8) is 0 Å². The minimum atomic E-state index is -0.0610. The Balaban J connectivity index is 2.23. The summed E-state index contributed by atoms with van der Waals surface area (Å²) in [7, 11) is 1.68. The molecule has 0 spiro atoms. The smallest absolute Gasteiger partial charge is 0.139 e. The van der Waals surface area contributed by atoms with Crippen LogP contribution >= 0.6 is 0 Å². The molecule has 3 aromatic rings. The first-order chi connectivity index (χ1) is 10.9. The fourth-order valence-corrected chi connectivity index (χ4v) is 2.59. The molecular weight excluding hydrogens is 286 g/mol. The minimum Gasteiger partial charge on any atom is -0.497 e. The fraction of sp³-hybridized carbons (Fsp3) is 0.316. The highest BCUT2D eigenvalue weighted by molar-refractivity contribution is 5.77. The average Bonchev–Trinajstić information content (AvgIpc) is 2.83. The second-order valence-electron chi connectivity index (χ2n) is 6.85. The van der Waals surface area contributed by atoms with Crippen molar-refractivity contribution in [3.8, 4) is 17.0 Å². The topological polar surface area (TPSA) is 38.6 Å². The van der Waals surface area contributed by atoms with Crippen LogP contribution in [0.25, 0.3) is 16.9 Å². The molecule has 1 aromatic carbocycles. The Bertz CT molecular complexity index is 843. The third-order valence-corrected chi connectivity index (χ3v) is 3.62. The SMILES string of the molecule is COc1cccc(-c2nc3cc(C)ccn3c2NC(C)(C)C)c1. The molecule has 0 aliphatic heterocycles. The maximum atomic E-state index is 5.36. The molecule has 0 atom stereocenters. The van der Waals surface area contributed by atoms with Crippen LogP contribution in [0.4, 0.5) is 5.82 Å². The molecular formula is C19H23N3O. The number of hydrogen-bond donors (Lipinski definition) is 1. The number of rotatable bonds is 3. The van der Waals surface area contributed by atoms with E-state index in [1.807, 2.05) is 18.2 Å². The highest BCUT2D eigenvalue weighted by Crippen LogP contribution is 2.32. The van der Waals surface area contributed by atoms with Crippen LogP contribution in [0.3, 0.4) is 0 Å². The van der Waals surface area contributed by atoms with Gasteiger partial charge in [0, 0.05) is 17.3 Å². The molecule has 2 heterocycles. The summed E-state index contributed by atoms with van der Waals surface area (Å²) in [5.41, 5.74) is 4.05. The lowest BCUT2D eigenvalue weighted by molar-refractivity contribution is 0.415. The van der Waals surface area contributed by atoms with Crippen molar-refractivity contribution in [1.29, 1.82) is 0 Å². The molecule has 0 saturated heterocycles. The van der Waals surface area contributed by atoms with Gasteiger partial charge in [-0.1, -0.05) is 12.1 Å². The number of pyridine rings is 1. The quantitative estimate of drug-likeness (QED) is 0.772. The van der Waals surface area contributed by atoms with Gasteiger partial charge in [0.2, 0.25) is 0 Å². The summed E-state index contributed by atoms with van der Waals surface area (Å²) < 4.78 is 7.46. The standard InChI is InChI=1S/C19H23N3O/c1-13-9-10-22-16(11-13)20-17(18(22)21-19(2,3)4)14-7-6-8-15(12-14)23-5/h6-12,21H,1-5H3. The van der Waals surface area contributed by atoms with Crippen LogP contribution in [-0.4, -0.2) is 22.0 Å². The van der Waals surface area contributed by atoms with Crippen molar-refractivity contribution in [3.05, 3.63) is 48.2 Å². The molecule has 120 valence electrons. The number of fused-ring (bicyclic) bond motifs is 1. The second kappa shape index (κ2) is 5.61. The van der Waals surface area contributed by atoms with Gasteiger partial charge in [-0.25, -0.2) is 4.98 Å². The molecule has 4 heteroatoms. The van der Waals surface area contributed by atoms with E-state index in [-0.39, 0.29) is 5.54 Å². The van der Waals surface area contributed by atoms with E-state index in [0.29, 0.717) is 0 Å². The third kappa shape index (κ3) is 3.16. The summed E-state index contributed by atoms with van der Waals surface area (Å²) >= 11 is 0. The predicted molar refractivity (Wildman–Crippen MR) is 95.3 cm³/mol. The molecule has 0 saturated carbocycles. The number of hydrogen-bond acceptors (Lipinski definition) is 3. The van der Waals surface area contributed by atoms with Crippen molar-refractivity contribution in [2.45, 2.75) is 33.2 Å². The van der Waals surface area contributed by atoms with Crippen molar-refractivity contribution < 1.29 is 4.74 Å². The number of anilines is 1. The zero-order chi connectivity index (χ0) is 16.6. The molecule has 2 aromatic heterocycles. The van der Waals surface area contributed by atoms with Crippen LogP contribution in [0.1, 0.15) is 26.3 Å². The lowest BCUT2D eigenvalue weighted by Gasteiger charge is -2.22. The van der Waals surface area contributed by atoms with E-state index in [9.17, 15) is 0 Å². The molecule has 4 nitrogen and oxygen atoms in total. The number of benzene rings is 1. The Kier molecular flexibility index (Phi) is 3.76. The van der Waals surface area contributed by atoms with Crippen molar-refractivity contribution >= 4 is 11.5 Å². The van der Waals surface area contributed by atoms with Gasteiger partial charge in [-0.3, -0.25) is 4.40 Å². The number of imidazole rings is 1. The number of ether oxygens (including phenoxy) is 1. The third-order valence-electron chi connectivity index (χ3n) is 3.62. The van der Waals surface area contributed by atoms with Crippen LogP contribution in [-0.2, 0) is 0 Å². The van der Waals surface area contributed by atoms with E-state index < -0.39 is 0 Å². The monoisotopic (exact) mass is 309 g/mol. The largest absolute Gasteiger partial charge is 0.497 e. The van der Waals surface area contributed by atoms with Crippen molar-refractivity contribution in [2.24, 2.45) is 0 Å². The molecule has 1 N–H and O–H groups in total. The Morgan fingerprint density at radius 3 is 2.61 bits per heavy atom. The second-order valence-corrected chi connectivity index (χ2v) is 6.85. The van der Waals surface area contributed by atoms with Gasteiger partial charge in [-0.05, 0) is 57.5 Å². The molecule has 0 aliphatic rings. The molecule has 0 aliphatic carbocycles. The number of methoxy groups -OCH3 is 1. The van der Waals surface area contributed by atoms with E-state index in [1.54, 1.807) is 7.11 Å². The van der Waals surface area contributed by atoms with Crippen LogP contribution in [0.5, 0.6) is 5.75 Å². The minimum absolute atomic E-state index is 0.0610. The number of aromatic nitrogens is 2. The van der Waals surface area contributed by atoms with Crippen LogP contribution in [0.2, 0.25) is 0 Å². The fourth-order valence-electron chi connectivity index (χ4n) is 2.59. The Morgan fingerprint density at radius 2 is 1.91 bits per heavy atom. The van der Waals surface area contributed by atoms with Crippen LogP contribution < -0.4 is 10.1 Å². The van der Waals surface area contributed by atoms with Gasteiger partial charge in [0.25, 0.3) is 0 Å². The first-order valence-corrected chi connectivity index (χ1v) is 7.79. The first kappa shape index (κ1) is 15.4. The Labute approximate surface area is 137 Å². The zero-order valence-corrected chi connectivity index (χ0v) is 14.3. The summed E-state index contributed by atoms with van der Waals surface area (Å²) in [6, 6.07) is 12.2. The summed E-state index contributed by atoms with van der Waals surface area (Å²) in [4.78, 5) is 4.85. The van der Waals surface area contributed by atoms with E-state index in [2.05, 4.69) is 61.8 Å². The summed E-state index contributed by atoms with van der Waals surface area (Å²) in [6.45, 7) is 8.53. The van der Waals surface area contributed by atoms with E-state index in [1.165, 1.54) is 5.56 Å². The molecule has 0 unspecified atom stereocenters. The van der Waals surface area contributed by atoms with Gasteiger partial charge in [0.05, 0.1) is 7.11 Å². The summed E-state index contributed by atoms with van der Waals surface area (Å²) in [5.74, 6) is 1.83. The van der Waals surface area contributed by atoms with Gasteiger partial charge in [0.1, 0.15) is 22.9 Å². The maximum absolute atomic E-state index is 5.36. The van der Waals surface area contributed by atoms with Gasteiger partial charge in [-0.15, -0.1) is 0 Å². The lowest BCUT2D eigenvalue weighted by Crippen LogP contribution is -2.27. The Hall–Kier alpha value is -2.49. The van der Waals surface area contributed by atoms with Gasteiger partial charge in [0.15, 0.2) is 0 Å². The normalized spacial score (nSPS) is 11.7. The van der Waals surface area contributed by atoms with Gasteiger partial charge >= 0.3 is 0 Å². The van der Waals surface area contributed by atoms with E-state index in [4.69, 9.17) is 9.72 Å².